The molecule has 1 rings (SSSR count). The summed E-state index contributed by atoms with van der Waals surface area (Å²) in [7, 11) is 4.83. The zero-order chi connectivity index (χ0) is 12.1. The van der Waals surface area contributed by atoms with Gasteiger partial charge in [0.25, 0.3) is 5.17 Å². The number of carbonyl (C=O) groups is 1. The highest BCUT2D eigenvalue weighted by Crippen LogP contribution is 2.19. The van der Waals surface area contributed by atoms with E-state index in [9.17, 15) is 4.79 Å². The molecule has 0 N–H and O–H groups in total. The lowest BCUT2D eigenvalue weighted by atomic mass is 10.2. The van der Waals surface area contributed by atoms with E-state index in [2.05, 4.69) is 10.8 Å². The molecule has 0 saturated heterocycles. The van der Waals surface area contributed by atoms with Crippen LogP contribution in [0.25, 0.3) is 0 Å². The Labute approximate surface area is 99.8 Å². The van der Waals surface area contributed by atoms with E-state index in [0.717, 1.165) is 0 Å². The van der Waals surface area contributed by atoms with Gasteiger partial charge in [-0.3, -0.25) is 0 Å². The Morgan fingerprint density at radius 1 is 1.50 bits per heavy atom. The molecule has 0 spiro atoms. The van der Waals surface area contributed by atoms with E-state index < -0.39 is 5.97 Å². The van der Waals surface area contributed by atoms with Crippen LogP contribution in [0.15, 0.2) is 18.2 Å². The van der Waals surface area contributed by atoms with Crippen molar-refractivity contribution in [3.63, 3.8) is 0 Å². The number of hydrogen-bond acceptors (Lipinski definition) is 4. The summed E-state index contributed by atoms with van der Waals surface area (Å²) in [6, 6.07) is 7.53. The Morgan fingerprint density at radius 3 is 2.75 bits per heavy atom. The van der Waals surface area contributed by atoms with Gasteiger partial charge in [-0.2, -0.15) is 0 Å². The molecule has 16 heavy (non-hydrogen) atoms. The smallest absolute Gasteiger partial charge is 0.341 e. The van der Waals surface area contributed by atoms with Crippen molar-refractivity contribution in [3.8, 4) is 5.75 Å². The second-order valence-electron chi connectivity index (χ2n) is 3.18. The molecule has 1 aromatic rings. The molecule has 0 heterocycles. The van der Waals surface area contributed by atoms with Gasteiger partial charge in [0.05, 0.1) is 7.11 Å². The van der Waals surface area contributed by atoms with Gasteiger partial charge in [0, 0.05) is 14.1 Å². The lowest BCUT2D eigenvalue weighted by Crippen LogP contribution is -2.25. The second-order valence-corrected chi connectivity index (χ2v) is 3.53. The first kappa shape index (κ1) is 12.4. The molecule has 0 aliphatic heterocycles. The maximum absolute atomic E-state index is 11.4. The average molecular weight is 238 g/mol. The predicted octanol–water partition coefficient (Wildman–Crippen LogP) is 1.50. The summed E-state index contributed by atoms with van der Waals surface area (Å²) in [5, 5.41) is 0.274. The normalized spacial score (nSPS) is 9.44. The monoisotopic (exact) mass is 238 g/mol. The van der Waals surface area contributed by atoms with E-state index in [0.29, 0.717) is 11.3 Å². The van der Waals surface area contributed by atoms with Crippen LogP contribution >= 0.6 is 12.2 Å². The van der Waals surface area contributed by atoms with Crippen molar-refractivity contribution in [1.29, 1.82) is 0 Å². The van der Waals surface area contributed by atoms with Crippen molar-refractivity contribution in [1.82, 2.24) is 4.90 Å². The van der Waals surface area contributed by atoms with Crippen LogP contribution in [-0.4, -0.2) is 37.2 Å². The molecule has 0 fully saturated rings. The molecule has 0 saturated carbocycles. The van der Waals surface area contributed by atoms with Gasteiger partial charge in [-0.25, -0.2) is 4.79 Å². The zero-order valence-corrected chi connectivity index (χ0v) is 10.1. The molecular formula is C11H12NO3S. The molecule has 5 heteroatoms. The Balaban J connectivity index is 2.95. The summed E-state index contributed by atoms with van der Waals surface area (Å²) >= 11 is 4.98. The van der Waals surface area contributed by atoms with Crippen LogP contribution in [-0.2, 0) is 4.74 Å². The van der Waals surface area contributed by atoms with E-state index in [1.165, 1.54) is 13.2 Å². The van der Waals surface area contributed by atoms with Crippen molar-refractivity contribution in [2.75, 3.05) is 21.2 Å². The first-order valence-electron chi connectivity index (χ1n) is 4.53. The van der Waals surface area contributed by atoms with Crippen molar-refractivity contribution in [3.05, 3.63) is 29.8 Å². The van der Waals surface area contributed by atoms with Gasteiger partial charge >= 0.3 is 5.97 Å². The predicted molar refractivity (Wildman–Crippen MR) is 63.5 cm³/mol. The average Bonchev–Trinajstić information content (AvgIpc) is 2.28. The molecule has 0 atom stereocenters. The van der Waals surface area contributed by atoms with Crippen molar-refractivity contribution in [2.45, 2.75) is 0 Å². The lowest BCUT2D eigenvalue weighted by Gasteiger charge is -2.15. The van der Waals surface area contributed by atoms with Crippen LogP contribution in [0.1, 0.15) is 10.4 Å². The number of nitrogens with zero attached hydrogens (tertiary/aromatic N) is 1. The third kappa shape index (κ3) is 2.93. The van der Waals surface area contributed by atoms with Crippen molar-refractivity contribution in [2.24, 2.45) is 0 Å². The van der Waals surface area contributed by atoms with Gasteiger partial charge < -0.3 is 14.4 Å². The molecular weight excluding hydrogens is 226 g/mol. The van der Waals surface area contributed by atoms with Gasteiger partial charge in [0.15, 0.2) is 0 Å². The third-order valence-electron chi connectivity index (χ3n) is 1.79. The number of hydrogen-bond donors (Lipinski definition) is 0. The summed E-state index contributed by atoms with van der Waals surface area (Å²) in [5.74, 6) is -0.113. The molecule has 0 amide bonds. The van der Waals surface area contributed by atoms with E-state index in [4.69, 9.17) is 17.0 Å². The van der Waals surface area contributed by atoms with E-state index in [1.54, 1.807) is 31.1 Å². The second kappa shape index (κ2) is 5.46. The molecule has 0 unspecified atom stereocenters. The standard InChI is InChI=1S/C11H12NO3S/c1-12(2)11(16)15-9-7-5-4-6-8(9)10(13)14-3/h5-7H,1-3H3. The van der Waals surface area contributed by atoms with E-state index >= 15 is 0 Å². The summed E-state index contributed by atoms with van der Waals surface area (Å²) in [6.45, 7) is 0. The fourth-order valence-electron chi connectivity index (χ4n) is 0.960. The van der Waals surface area contributed by atoms with Crippen LogP contribution in [0.2, 0.25) is 0 Å². The molecule has 85 valence electrons. The first-order valence-corrected chi connectivity index (χ1v) is 4.94. The Kier molecular flexibility index (Phi) is 4.25. The summed E-state index contributed by atoms with van der Waals surface area (Å²) in [6.07, 6.45) is 0. The summed E-state index contributed by atoms with van der Waals surface area (Å²) < 4.78 is 9.99. The number of esters is 1. The van der Waals surface area contributed by atoms with Gasteiger partial charge in [-0.1, -0.05) is 6.07 Å². The van der Waals surface area contributed by atoms with Gasteiger partial charge in [-0.15, -0.1) is 0 Å². The molecule has 0 aliphatic carbocycles. The number of ether oxygens (including phenoxy) is 2. The van der Waals surface area contributed by atoms with Crippen LogP contribution in [0.4, 0.5) is 0 Å². The highest BCUT2D eigenvalue weighted by molar-refractivity contribution is 7.80. The Bertz CT molecular complexity index is 404. The topological polar surface area (TPSA) is 38.8 Å². The zero-order valence-electron chi connectivity index (χ0n) is 9.31. The van der Waals surface area contributed by atoms with Crippen molar-refractivity contribution < 1.29 is 14.3 Å². The minimum absolute atomic E-state index is 0.274. The fraction of sp³-hybridized carbons (Fsp3) is 0.273. The number of methoxy groups -OCH3 is 1. The Morgan fingerprint density at radius 2 is 2.19 bits per heavy atom. The van der Waals surface area contributed by atoms with E-state index in [-0.39, 0.29) is 5.17 Å². The van der Waals surface area contributed by atoms with Crippen LogP contribution < -0.4 is 4.74 Å². The minimum atomic E-state index is -0.478. The summed E-state index contributed by atoms with van der Waals surface area (Å²) in [5.41, 5.74) is 0.300. The minimum Gasteiger partial charge on any atom is -0.465 e. The quantitative estimate of drug-likeness (QED) is 0.576. The Hall–Kier alpha value is -1.62. The van der Waals surface area contributed by atoms with Crippen LogP contribution in [0.3, 0.4) is 0 Å². The molecule has 0 bridgehead atoms. The number of carbonyl (C=O) groups excluding carboxylic acids is 1. The number of rotatable bonds is 2. The molecule has 0 aromatic heterocycles. The van der Waals surface area contributed by atoms with Crippen LogP contribution in [0, 0.1) is 6.07 Å². The number of benzene rings is 1. The number of thiocarbonyl (C=S) groups is 1. The van der Waals surface area contributed by atoms with Gasteiger partial charge in [0.1, 0.15) is 11.3 Å². The first-order chi connectivity index (χ1) is 7.56. The molecule has 0 aliphatic rings. The molecule has 1 radical (unpaired) electrons. The molecule has 1 aromatic carbocycles. The van der Waals surface area contributed by atoms with Crippen LogP contribution in [0.5, 0.6) is 5.75 Å². The fourth-order valence-corrected chi connectivity index (χ4v) is 1.05. The highest BCUT2D eigenvalue weighted by Gasteiger charge is 2.14. The van der Waals surface area contributed by atoms with E-state index in [1.807, 2.05) is 0 Å². The van der Waals surface area contributed by atoms with Crippen molar-refractivity contribution >= 4 is 23.4 Å². The molecule has 4 nitrogen and oxygen atoms in total. The van der Waals surface area contributed by atoms with Gasteiger partial charge in [-0.05, 0) is 30.4 Å². The van der Waals surface area contributed by atoms with Gasteiger partial charge in [0.2, 0.25) is 0 Å². The lowest BCUT2D eigenvalue weighted by molar-refractivity contribution is 0.0598. The SMILES string of the molecule is COC(=O)c1c[c]ccc1OC(=S)N(C)C. The summed E-state index contributed by atoms with van der Waals surface area (Å²) in [4.78, 5) is 13.0. The highest BCUT2D eigenvalue weighted by atomic mass is 32.1. The third-order valence-corrected chi connectivity index (χ3v) is 2.24. The maximum atomic E-state index is 11.4. The maximum Gasteiger partial charge on any atom is 0.341 e. The largest absolute Gasteiger partial charge is 0.465 e.